The summed E-state index contributed by atoms with van der Waals surface area (Å²) in [6.45, 7) is 7.30. The molecule has 19 heavy (non-hydrogen) atoms. The summed E-state index contributed by atoms with van der Waals surface area (Å²) < 4.78 is 0. The molecule has 0 radical (unpaired) electrons. The summed E-state index contributed by atoms with van der Waals surface area (Å²) in [6.07, 6.45) is 6.16. The van der Waals surface area contributed by atoms with E-state index in [1.165, 1.54) is 18.5 Å². The van der Waals surface area contributed by atoms with Crippen LogP contribution in [-0.4, -0.2) is 37.9 Å². The van der Waals surface area contributed by atoms with E-state index in [0.717, 1.165) is 36.8 Å². The Morgan fingerprint density at radius 2 is 2.26 bits per heavy atom. The van der Waals surface area contributed by atoms with Crippen molar-refractivity contribution in [2.45, 2.75) is 39.2 Å². The molecule has 0 aromatic carbocycles. The number of imidazole rings is 2. The molecule has 1 aliphatic heterocycles. The van der Waals surface area contributed by atoms with E-state index in [9.17, 15) is 0 Å². The molecule has 1 fully saturated rings. The average Bonchev–Trinajstić information content (AvgIpc) is 3.00. The third kappa shape index (κ3) is 2.71. The van der Waals surface area contributed by atoms with Gasteiger partial charge in [-0.1, -0.05) is 0 Å². The Balaban J connectivity index is 1.66. The van der Waals surface area contributed by atoms with E-state index in [1.54, 1.807) is 6.33 Å². The number of likely N-dealkylation sites (tertiary alicyclic amines) is 1. The molecule has 102 valence electrons. The minimum absolute atomic E-state index is 0.529. The second-order valence-corrected chi connectivity index (χ2v) is 5.50. The van der Waals surface area contributed by atoms with Gasteiger partial charge in [0.2, 0.25) is 0 Å². The SMILES string of the molecule is Cc1cnc([C@H]2CCCN(Cc3nc[nH]c3C)C2)[nH]1. The van der Waals surface area contributed by atoms with Gasteiger partial charge in [0.1, 0.15) is 5.82 Å². The Kier molecular flexibility index (Phi) is 3.38. The van der Waals surface area contributed by atoms with Crippen LogP contribution in [0.3, 0.4) is 0 Å². The molecule has 0 saturated carbocycles. The van der Waals surface area contributed by atoms with E-state index in [2.05, 4.69) is 38.7 Å². The van der Waals surface area contributed by atoms with Crippen molar-refractivity contribution in [1.29, 1.82) is 0 Å². The number of nitrogens with zero attached hydrogens (tertiary/aromatic N) is 3. The maximum Gasteiger partial charge on any atom is 0.110 e. The number of H-pyrrole nitrogens is 2. The van der Waals surface area contributed by atoms with E-state index in [1.807, 2.05) is 6.20 Å². The van der Waals surface area contributed by atoms with E-state index in [-0.39, 0.29) is 0 Å². The molecule has 0 spiro atoms. The Labute approximate surface area is 113 Å². The first-order valence-corrected chi connectivity index (χ1v) is 6.95. The van der Waals surface area contributed by atoms with Crippen molar-refractivity contribution < 1.29 is 0 Å². The highest BCUT2D eigenvalue weighted by Crippen LogP contribution is 2.25. The molecule has 3 heterocycles. The molecule has 0 unspecified atom stereocenters. The molecule has 0 bridgehead atoms. The van der Waals surface area contributed by atoms with Gasteiger partial charge in [0, 0.05) is 36.6 Å². The largest absolute Gasteiger partial charge is 0.348 e. The number of piperidine rings is 1. The Morgan fingerprint density at radius 1 is 1.37 bits per heavy atom. The quantitative estimate of drug-likeness (QED) is 0.887. The van der Waals surface area contributed by atoms with Crippen molar-refractivity contribution in [3.05, 3.63) is 35.4 Å². The number of hydrogen-bond donors (Lipinski definition) is 2. The maximum absolute atomic E-state index is 4.48. The summed E-state index contributed by atoms with van der Waals surface area (Å²) in [5.74, 6) is 1.67. The third-order valence-corrected chi connectivity index (χ3v) is 3.92. The Bertz CT molecular complexity index is 542. The molecule has 0 aliphatic carbocycles. The second-order valence-electron chi connectivity index (χ2n) is 5.50. The molecule has 5 nitrogen and oxygen atoms in total. The summed E-state index contributed by atoms with van der Waals surface area (Å²) in [5.41, 5.74) is 3.49. The molecule has 5 heteroatoms. The van der Waals surface area contributed by atoms with Gasteiger partial charge in [-0.25, -0.2) is 9.97 Å². The number of nitrogens with one attached hydrogen (secondary N) is 2. The number of hydrogen-bond acceptors (Lipinski definition) is 3. The monoisotopic (exact) mass is 259 g/mol. The molecule has 2 aromatic heterocycles. The van der Waals surface area contributed by atoms with Crippen LogP contribution in [0.2, 0.25) is 0 Å². The van der Waals surface area contributed by atoms with Crippen molar-refractivity contribution in [2.75, 3.05) is 13.1 Å². The molecule has 1 saturated heterocycles. The predicted octanol–water partition coefficient (Wildman–Crippen LogP) is 2.13. The standard InChI is InChI=1S/C14H21N5/c1-10-6-15-14(18-10)12-4-3-5-19(7-12)8-13-11(2)16-9-17-13/h6,9,12H,3-5,7-8H2,1-2H3,(H,15,18)(H,16,17)/t12-/m0/s1. The number of aryl methyl sites for hydroxylation is 2. The van der Waals surface area contributed by atoms with Crippen LogP contribution in [0.1, 0.15) is 41.7 Å². The van der Waals surface area contributed by atoms with Gasteiger partial charge in [-0.2, -0.15) is 0 Å². The molecule has 2 aromatic rings. The number of aromatic nitrogens is 4. The highest BCUT2D eigenvalue weighted by Gasteiger charge is 2.24. The lowest BCUT2D eigenvalue weighted by Crippen LogP contribution is -2.34. The van der Waals surface area contributed by atoms with Gasteiger partial charge in [0.15, 0.2) is 0 Å². The van der Waals surface area contributed by atoms with Crippen LogP contribution in [0.4, 0.5) is 0 Å². The molecule has 2 N–H and O–H groups in total. The van der Waals surface area contributed by atoms with E-state index in [0.29, 0.717) is 5.92 Å². The van der Waals surface area contributed by atoms with Gasteiger partial charge in [-0.15, -0.1) is 0 Å². The average molecular weight is 259 g/mol. The fraction of sp³-hybridized carbons (Fsp3) is 0.571. The third-order valence-electron chi connectivity index (χ3n) is 3.92. The molecule has 1 aliphatic rings. The summed E-state index contributed by atoms with van der Waals surface area (Å²) in [6, 6.07) is 0. The van der Waals surface area contributed by atoms with Crippen molar-refractivity contribution in [1.82, 2.24) is 24.8 Å². The zero-order chi connectivity index (χ0) is 13.2. The summed E-state index contributed by atoms with van der Waals surface area (Å²) in [4.78, 5) is 17.9. The highest BCUT2D eigenvalue weighted by atomic mass is 15.1. The second kappa shape index (κ2) is 5.17. The fourth-order valence-corrected chi connectivity index (χ4v) is 2.82. The van der Waals surface area contributed by atoms with Crippen molar-refractivity contribution in [3.63, 3.8) is 0 Å². The van der Waals surface area contributed by atoms with Crippen molar-refractivity contribution in [2.24, 2.45) is 0 Å². The zero-order valence-corrected chi connectivity index (χ0v) is 11.6. The smallest absolute Gasteiger partial charge is 0.110 e. The van der Waals surface area contributed by atoms with Gasteiger partial charge in [-0.05, 0) is 33.2 Å². The number of rotatable bonds is 3. The fourth-order valence-electron chi connectivity index (χ4n) is 2.82. The van der Waals surface area contributed by atoms with Crippen molar-refractivity contribution >= 4 is 0 Å². The van der Waals surface area contributed by atoms with Crippen LogP contribution in [-0.2, 0) is 6.54 Å². The van der Waals surface area contributed by atoms with Crippen LogP contribution < -0.4 is 0 Å². The summed E-state index contributed by atoms with van der Waals surface area (Å²) in [7, 11) is 0. The minimum Gasteiger partial charge on any atom is -0.348 e. The lowest BCUT2D eigenvalue weighted by molar-refractivity contribution is 0.195. The van der Waals surface area contributed by atoms with Gasteiger partial charge in [-0.3, -0.25) is 4.90 Å². The normalized spacial score (nSPS) is 20.8. The molecule has 3 rings (SSSR count). The van der Waals surface area contributed by atoms with Gasteiger partial charge < -0.3 is 9.97 Å². The summed E-state index contributed by atoms with van der Waals surface area (Å²) in [5, 5.41) is 0. The molecule has 1 atom stereocenters. The first kappa shape index (κ1) is 12.4. The minimum atomic E-state index is 0.529. The van der Waals surface area contributed by atoms with Crippen LogP contribution in [0.5, 0.6) is 0 Å². The van der Waals surface area contributed by atoms with E-state index >= 15 is 0 Å². The lowest BCUT2D eigenvalue weighted by Gasteiger charge is -2.31. The maximum atomic E-state index is 4.48. The predicted molar refractivity (Wildman–Crippen MR) is 73.9 cm³/mol. The number of aromatic amines is 2. The highest BCUT2D eigenvalue weighted by molar-refractivity contribution is 5.10. The Morgan fingerprint density at radius 3 is 2.95 bits per heavy atom. The van der Waals surface area contributed by atoms with Crippen LogP contribution >= 0.6 is 0 Å². The lowest BCUT2D eigenvalue weighted by atomic mass is 9.97. The van der Waals surface area contributed by atoms with E-state index < -0.39 is 0 Å². The Hall–Kier alpha value is -1.62. The topological polar surface area (TPSA) is 60.6 Å². The van der Waals surface area contributed by atoms with E-state index in [4.69, 9.17) is 0 Å². The first-order chi connectivity index (χ1) is 9.22. The van der Waals surface area contributed by atoms with Crippen LogP contribution in [0.25, 0.3) is 0 Å². The van der Waals surface area contributed by atoms with Crippen molar-refractivity contribution in [3.8, 4) is 0 Å². The van der Waals surface area contributed by atoms with Crippen LogP contribution in [0, 0.1) is 13.8 Å². The zero-order valence-electron chi connectivity index (χ0n) is 11.6. The summed E-state index contributed by atoms with van der Waals surface area (Å²) >= 11 is 0. The molecular weight excluding hydrogens is 238 g/mol. The first-order valence-electron chi connectivity index (χ1n) is 6.95. The van der Waals surface area contributed by atoms with Crippen LogP contribution in [0.15, 0.2) is 12.5 Å². The van der Waals surface area contributed by atoms with Gasteiger partial charge >= 0.3 is 0 Å². The molecule has 0 amide bonds. The molecular formula is C14H21N5. The van der Waals surface area contributed by atoms with Gasteiger partial charge in [0.25, 0.3) is 0 Å². The van der Waals surface area contributed by atoms with Gasteiger partial charge in [0.05, 0.1) is 12.0 Å².